The van der Waals surface area contributed by atoms with Crippen molar-refractivity contribution in [2.24, 2.45) is 0 Å². The van der Waals surface area contributed by atoms with Crippen molar-refractivity contribution < 1.29 is 14.7 Å². The molecule has 10 heavy (non-hydrogen) atoms. The van der Waals surface area contributed by atoms with Crippen LogP contribution in [0.4, 0.5) is 0 Å². The fourth-order valence-electron chi connectivity index (χ4n) is 0.931. The summed E-state index contributed by atoms with van der Waals surface area (Å²) < 4.78 is 0. The Morgan fingerprint density at radius 3 is 2.50 bits per heavy atom. The van der Waals surface area contributed by atoms with E-state index in [2.05, 4.69) is 0 Å². The van der Waals surface area contributed by atoms with Crippen LogP contribution in [0.15, 0.2) is 11.8 Å². The van der Waals surface area contributed by atoms with E-state index in [0.717, 1.165) is 6.26 Å². The first-order chi connectivity index (χ1) is 4.74. The van der Waals surface area contributed by atoms with Crippen molar-refractivity contribution in [2.75, 3.05) is 0 Å². The number of carbonyl (C=O) groups excluding carboxylic acids is 2. The molecule has 0 unspecified atom stereocenters. The molecule has 1 aliphatic carbocycles. The Kier molecular flexibility index (Phi) is 1.85. The Morgan fingerprint density at radius 1 is 1.30 bits per heavy atom. The molecule has 0 bridgehead atoms. The molecule has 3 heteroatoms. The molecule has 1 fully saturated rings. The van der Waals surface area contributed by atoms with Gasteiger partial charge in [-0.15, -0.1) is 0 Å². The van der Waals surface area contributed by atoms with Gasteiger partial charge >= 0.3 is 0 Å². The highest BCUT2D eigenvalue weighted by Gasteiger charge is 2.20. The van der Waals surface area contributed by atoms with E-state index in [1.807, 2.05) is 0 Å². The zero-order chi connectivity index (χ0) is 7.56. The number of aliphatic hydroxyl groups is 1. The zero-order valence-electron chi connectivity index (χ0n) is 5.46. The highest BCUT2D eigenvalue weighted by Crippen LogP contribution is 2.15. The lowest BCUT2D eigenvalue weighted by Crippen LogP contribution is -2.16. The average molecular weight is 140 g/mol. The van der Waals surface area contributed by atoms with Crippen molar-refractivity contribution >= 4 is 11.6 Å². The van der Waals surface area contributed by atoms with E-state index in [9.17, 15) is 9.59 Å². The Labute approximate surface area is 58.4 Å². The molecule has 0 aliphatic heterocycles. The molecule has 1 saturated carbocycles. The molecule has 0 spiro atoms. The molecular weight excluding hydrogens is 132 g/mol. The first kappa shape index (κ1) is 6.99. The number of hydrogen-bond donors (Lipinski definition) is 1. The van der Waals surface area contributed by atoms with Crippen molar-refractivity contribution in [3.63, 3.8) is 0 Å². The molecule has 0 amide bonds. The van der Waals surface area contributed by atoms with Gasteiger partial charge in [-0.25, -0.2) is 0 Å². The Morgan fingerprint density at radius 2 is 2.00 bits per heavy atom. The third kappa shape index (κ3) is 1.23. The molecule has 3 nitrogen and oxygen atoms in total. The molecule has 1 N–H and O–H groups in total. The van der Waals surface area contributed by atoms with Gasteiger partial charge in [-0.1, -0.05) is 0 Å². The summed E-state index contributed by atoms with van der Waals surface area (Å²) in [5.41, 5.74) is 0.247. The molecule has 54 valence electrons. The lowest BCUT2D eigenvalue weighted by Gasteiger charge is -2.09. The molecule has 0 aromatic rings. The molecular formula is C7H8O3. The van der Waals surface area contributed by atoms with Crippen molar-refractivity contribution in [2.45, 2.75) is 19.3 Å². The minimum atomic E-state index is -0.109. The van der Waals surface area contributed by atoms with Crippen LogP contribution in [0.2, 0.25) is 0 Å². The first-order valence-corrected chi connectivity index (χ1v) is 3.12. The monoisotopic (exact) mass is 140 g/mol. The maximum absolute atomic E-state index is 10.8. The van der Waals surface area contributed by atoms with Gasteiger partial charge in [0, 0.05) is 24.8 Å². The number of allylic oxidation sites excluding steroid dienone is 1. The molecule has 0 radical (unpaired) electrons. The van der Waals surface area contributed by atoms with Crippen LogP contribution in [0.25, 0.3) is 0 Å². The summed E-state index contributed by atoms with van der Waals surface area (Å²) in [6.45, 7) is 0. The smallest absolute Gasteiger partial charge is 0.162 e. The van der Waals surface area contributed by atoms with Crippen LogP contribution < -0.4 is 0 Å². The summed E-state index contributed by atoms with van der Waals surface area (Å²) in [5, 5.41) is 8.44. The second-order valence-corrected chi connectivity index (χ2v) is 2.29. The number of rotatable bonds is 0. The van der Waals surface area contributed by atoms with Crippen molar-refractivity contribution in [3.05, 3.63) is 11.8 Å². The SMILES string of the molecule is O=C1CCC(=O)/C(=C/O)C1. The Hall–Kier alpha value is -1.12. The third-order valence-corrected chi connectivity index (χ3v) is 1.53. The summed E-state index contributed by atoms with van der Waals surface area (Å²) >= 11 is 0. The fourth-order valence-corrected chi connectivity index (χ4v) is 0.931. The van der Waals surface area contributed by atoms with E-state index in [1.165, 1.54) is 0 Å². The summed E-state index contributed by atoms with van der Waals surface area (Å²) in [7, 11) is 0. The van der Waals surface area contributed by atoms with Gasteiger partial charge in [0.25, 0.3) is 0 Å². The lowest BCUT2D eigenvalue weighted by molar-refractivity contribution is -0.125. The van der Waals surface area contributed by atoms with E-state index < -0.39 is 0 Å². The average Bonchev–Trinajstić information content (AvgIpc) is 1.94. The van der Waals surface area contributed by atoms with Gasteiger partial charge < -0.3 is 5.11 Å². The number of Topliss-reactive ketones (excluding diaryl/α,β-unsaturated/α-hetero) is 2. The Balaban J connectivity index is 2.72. The summed E-state index contributed by atoms with van der Waals surface area (Å²) in [4.78, 5) is 21.5. The Bertz CT molecular complexity index is 203. The van der Waals surface area contributed by atoms with Gasteiger partial charge in [0.2, 0.25) is 0 Å². The summed E-state index contributed by atoms with van der Waals surface area (Å²) in [6, 6.07) is 0. The molecule has 0 aromatic heterocycles. The van der Waals surface area contributed by atoms with Crippen molar-refractivity contribution in [1.82, 2.24) is 0 Å². The van der Waals surface area contributed by atoms with E-state index in [0.29, 0.717) is 6.42 Å². The van der Waals surface area contributed by atoms with Crippen LogP contribution in [0, 0.1) is 0 Å². The topological polar surface area (TPSA) is 54.4 Å². The number of aliphatic hydroxyl groups excluding tert-OH is 1. The summed E-state index contributed by atoms with van der Waals surface area (Å²) in [5.74, 6) is -0.0815. The largest absolute Gasteiger partial charge is 0.515 e. The van der Waals surface area contributed by atoms with E-state index in [1.54, 1.807) is 0 Å². The van der Waals surface area contributed by atoms with Gasteiger partial charge in [0.05, 0.1) is 6.26 Å². The van der Waals surface area contributed by atoms with Gasteiger partial charge in [-0.2, -0.15) is 0 Å². The van der Waals surface area contributed by atoms with E-state index >= 15 is 0 Å². The van der Waals surface area contributed by atoms with Gasteiger partial charge in [0.1, 0.15) is 5.78 Å². The van der Waals surface area contributed by atoms with Crippen LogP contribution in [0.5, 0.6) is 0 Å². The predicted octanol–water partition coefficient (Wildman–Crippen LogP) is 0.750. The van der Waals surface area contributed by atoms with Gasteiger partial charge in [-0.3, -0.25) is 9.59 Å². The minimum Gasteiger partial charge on any atom is -0.515 e. The molecule has 0 atom stereocenters. The second-order valence-electron chi connectivity index (χ2n) is 2.29. The fraction of sp³-hybridized carbons (Fsp3) is 0.429. The molecule has 1 aliphatic rings. The van der Waals surface area contributed by atoms with Crippen molar-refractivity contribution in [3.8, 4) is 0 Å². The molecule has 0 heterocycles. The van der Waals surface area contributed by atoms with Crippen molar-refractivity contribution in [1.29, 1.82) is 0 Å². The first-order valence-electron chi connectivity index (χ1n) is 3.12. The lowest BCUT2D eigenvalue weighted by atomic mass is 9.94. The standard InChI is InChI=1S/C7H8O3/c8-4-5-3-6(9)1-2-7(5)10/h4,8H,1-3H2/b5-4+. The summed E-state index contributed by atoms with van der Waals surface area (Å²) in [6.07, 6.45) is 1.43. The molecule has 0 saturated heterocycles. The van der Waals surface area contributed by atoms with Gasteiger partial charge in [0.15, 0.2) is 5.78 Å². The van der Waals surface area contributed by atoms with Crippen LogP contribution in [0.1, 0.15) is 19.3 Å². The predicted molar refractivity (Wildman–Crippen MR) is 34.6 cm³/mol. The number of ketones is 2. The van der Waals surface area contributed by atoms with Crippen LogP contribution in [0.3, 0.4) is 0 Å². The molecule has 0 aromatic carbocycles. The minimum absolute atomic E-state index is 0.0277. The quantitative estimate of drug-likeness (QED) is 0.399. The number of hydrogen-bond acceptors (Lipinski definition) is 3. The highest BCUT2D eigenvalue weighted by atomic mass is 16.2. The van der Waals surface area contributed by atoms with Gasteiger partial charge in [-0.05, 0) is 0 Å². The van der Waals surface area contributed by atoms with E-state index in [-0.39, 0.29) is 30.0 Å². The van der Waals surface area contributed by atoms with Crippen LogP contribution >= 0.6 is 0 Å². The van der Waals surface area contributed by atoms with Crippen LogP contribution in [-0.4, -0.2) is 16.7 Å². The maximum atomic E-state index is 10.8. The third-order valence-electron chi connectivity index (χ3n) is 1.53. The number of carbonyl (C=O) groups is 2. The normalized spacial score (nSPS) is 23.8. The zero-order valence-corrected chi connectivity index (χ0v) is 5.46. The highest BCUT2D eigenvalue weighted by molar-refractivity contribution is 6.05. The van der Waals surface area contributed by atoms with E-state index in [4.69, 9.17) is 5.11 Å². The second kappa shape index (κ2) is 2.64. The molecule has 1 rings (SSSR count). The van der Waals surface area contributed by atoms with Crippen LogP contribution in [-0.2, 0) is 9.59 Å². The maximum Gasteiger partial charge on any atom is 0.162 e.